The third-order valence-corrected chi connectivity index (χ3v) is 8.09. The summed E-state index contributed by atoms with van der Waals surface area (Å²) in [5.41, 5.74) is 2.43. The quantitative estimate of drug-likeness (QED) is 0.476. The van der Waals surface area contributed by atoms with Gasteiger partial charge in [0.25, 0.3) is 5.91 Å². The first kappa shape index (κ1) is 21.3. The Bertz CT molecular complexity index is 1080. The minimum absolute atomic E-state index is 0.0708. The van der Waals surface area contributed by atoms with Gasteiger partial charge in [-0.3, -0.25) is 9.59 Å². The summed E-state index contributed by atoms with van der Waals surface area (Å²) in [6.07, 6.45) is 3.25. The zero-order valence-corrected chi connectivity index (χ0v) is 19.0. The van der Waals surface area contributed by atoms with Gasteiger partial charge in [-0.25, -0.2) is 4.98 Å². The van der Waals surface area contributed by atoms with Crippen LogP contribution in [-0.2, 0) is 5.54 Å². The van der Waals surface area contributed by atoms with Gasteiger partial charge < -0.3 is 16.0 Å². The normalized spacial score (nSPS) is 25.5. The van der Waals surface area contributed by atoms with Gasteiger partial charge in [-0.15, -0.1) is 22.7 Å². The molecular formula is C22H24N6O2S2. The third-order valence-electron chi connectivity index (χ3n) is 6.29. The van der Waals surface area contributed by atoms with Crippen LogP contribution in [0.25, 0.3) is 0 Å². The second kappa shape index (κ2) is 9.14. The van der Waals surface area contributed by atoms with E-state index >= 15 is 0 Å². The molecule has 32 heavy (non-hydrogen) atoms. The molecule has 8 nitrogen and oxygen atoms in total. The van der Waals surface area contributed by atoms with E-state index in [4.69, 9.17) is 0 Å². The Morgan fingerprint density at radius 3 is 2.88 bits per heavy atom. The van der Waals surface area contributed by atoms with Gasteiger partial charge in [0, 0.05) is 41.4 Å². The molecule has 5 heterocycles. The topological polar surface area (TPSA) is 109 Å². The number of Topliss-reactive ketones (excluding diaryl/α,β-unsaturated/α-hetero) is 1. The lowest BCUT2D eigenvalue weighted by atomic mass is 9.81. The monoisotopic (exact) mass is 468 g/mol. The highest BCUT2D eigenvalue weighted by Crippen LogP contribution is 2.37. The zero-order valence-electron chi connectivity index (χ0n) is 17.4. The molecule has 5 rings (SSSR count). The van der Waals surface area contributed by atoms with Gasteiger partial charge >= 0.3 is 0 Å². The van der Waals surface area contributed by atoms with Crippen molar-refractivity contribution in [2.24, 2.45) is 5.92 Å². The van der Waals surface area contributed by atoms with Crippen molar-refractivity contribution in [3.8, 4) is 0 Å². The predicted octanol–water partition coefficient (Wildman–Crippen LogP) is 2.19. The largest absolute Gasteiger partial charge is 0.339 e. The van der Waals surface area contributed by atoms with E-state index in [-0.39, 0.29) is 23.5 Å². The predicted molar refractivity (Wildman–Crippen MR) is 123 cm³/mol. The molecule has 2 aliphatic rings. The van der Waals surface area contributed by atoms with Crippen molar-refractivity contribution in [1.82, 2.24) is 31.1 Å². The smallest absolute Gasteiger partial charge is 0.262 e. The number of amides is 1. The number of carbonyl (C=O) groups is 2. The van der Waals surface area contributed by atoms with Gasteiger partial charge in [0.05, 0.1) is 21.6 Å². The number of nitrogens with zero attached hydrogens (tertiary/aromatic N) is 3. The van der Waals surface area contributed by atoms with E-state index in [2.05, 4.69) is 31.1 Å². The van der Waals surface area contributed by atoms with Crippen LogP contribution in [0.15, 0.2) is 41.4 Å². The number of piperidine rings is 1. The molecular weight excluding hydrogens is 444 g/mol. The summed E-state index contributed by atoms with van der Waals surface area (Å²) in [6.45, 7) is 2.91. The second-order valence-corrected chi connectivity index (χ2v) is 10.1. The van der Waals surface area contributed by atoms with Crippen molar-refractivity contribution in [3.05, 3.63) is 62.5 Å². The van der Waals surface area contributed by atoms with E-state index in [0.717, 1.165) is 36.5 Å². The van der Waals surface area contributed by atoms with Crippen molar-refractivity contribution < 1.29 is 9.59 Å². The van der Waals surface area contributed by atoms with Crippen LogP contribution in [0.3, 0.4) is 0 Å². The molecule has 2 aliphatic heterocycles. The molecule has 0 bridgehead atoms. The summed E-state index contributed by atoms with van der Waals surface area (Å²) >= 11 is 2.91. The average molecular weight is 469 g/mol. The molecule has 0 aromatic carbocycles. The van der Waals surface area contributed by atoms with E-state index < -0.39 is 5.54 Å². The van der Waals surface area contributed by atoms with Crippen LogP contribution in [-0.4, -0.2) is 53.1 Å². The Morgan fingerprint density at radius 1 is 1.19 bits per heavy atom. The summed E-state index contributed by atoms with van der Waals surface area (Å²) < 4.78 is 0. The molecule has 10 heteroatoms. The van der Waals surface area contributed by atoms with Gasteiger partial charge in [-0.05, 0) is 50.2 Å². The molecule has 0 aliphatic carbocycles. The van der Waals surface area contributed by atoms with Crippen LogP contribution in [0, 0.1) is 5.92 Å². The number of hydrogen-bond acceptors (Lipinski definition) is 9. The number of ketones is 1. The summed E-state index contributed by atoms with van der Waals surface area (Å²) in [6, 6.07) is 7.62. The lowest BCUT2D eigenvalue weighted by Gasteiger charge is -2.30. The second-order valence-electron chi connectivity index (χ2n) is 8.22. The van der Waals surface area contributed by atoms with Crippen molar-refractivity contribution in [2.45, 2.75) is 24.3 Å². The summed E-state index contributed by atoms with van der Waals surface area (Å²) in [5, 5.41) is 19.9. The summed E-state index contributed by atoms with van der Waals surface area (Å²) in [5.74, 6) is -0.141. The molecule has 3 atom stereocenters. The van der Waals surface area contributed by atoms with Crippen LogP contribution in [0.1, 0.15) is 49.5 Å². The molecule has 0 saturated carbocycles. The molecule has 166 valence electrons. The fourth-order valence-electron chi connectivity index (χ4n) is 4.59. The molecule has 0 radical (unpaired) electrons. The van der Waals surface area contributed by atoms with Crippen molar-refractivity contribution in [1.29, 1.82) is 0 Å². The van der Waals surface area contributed by atoms with E-state index in [0.29, 0.717) is 23.7 Å². The maximum Gasteiger partial charge on any atom is 0.262 e. The number of rotatable bonds is 6. The number of hydrogen-bond donors (Lipinski definition) is 3. The van der Waals surface area contributed by atoms with Gasteiger partial charge in [0.15, 0.2) is 5.78 Å². The highest BCUT2D eigenvalue weighted by atomic mass is 32.1. The lowest BCUT2D eigenvalue weighted by molar-refractivity contribution is 0.0875. The Hall–Kier alpha value is -2.53. The minimum Gasteiger partial charge on any atom is -0.339 e. The van der Waals surface area contributed by atoms with Crippen LogP contribution >= 0.6 is 22.7 Å². The lowest BCUT2D eigenvalue weighted by Crippen LogP contribution is -2.48. The minimum atomic E-state index is -0.562. The molecule has 2 fully saturated rings. The number of thiophene rings is 1. The molecule has 2 unspecified atom stereocenters. The van der Waals surface area contributed by atoms with Crippen LogP contribution in [0.5, 0.6) is 0 Å². The molecule has 1 amide bonds. The summed E-state index contributed by atoms with van der Waals surface area (Å²) in [7, 11) is 0. The van der Waals surface area contributed by atoms with Crippen LogP contribution < -0.4 is 16.0 Å². The van der Waals surface area contributed by atoms with E-state index in [9.17, 15) is 9.59 Å². The van der Waals surface area contributed by atoms with Crippen molar-refractivity contribution >= 4 is 34.4 Å². The maximum atomic E-state index is 13.2. The first-order valence-corrected chi connectivity index (χ1v) is 12.5. The molecule has 3 aromatic rings. The van der Waals surface area contributed by atoms with Crippen molar-refractivity contribution in [3.63, 3.8) is 0 Å². The fraction of sp³-hybridized carbons (Fsp3) is 0.409. The molecule has 2 saturated heterocycles. The highest BCUT2D eigenvalue weighted by molar-refractivity contribution is 7.14. The van der Waals surface area contributed by atoms with Gasteiger partial charge in [-0.1, -0.05) is 0 Å². The first-order valence-electron chi connectivity index (χ1n) is 10.7. The number of nitrogens with one attached hydrogen (secondary N) is 3. The number of carbonyl (C=O) groups excluding carboxylic acids is 2. The SMILES string of the molecule is O=C(N[C@@]1(c2cccnn2)CCNC1)c1ccc(C2CCNCC2C(=O)c2cscn2)s1. The zero-order chi connectivity index (χ0) is 22.0. The van der Waals surface area contributed by atoms with E-state index in [1.807, 2.05) is 29.6 Å². The van der Waals surface area contributed by atoms with Crippen LogP contribution in [0.2, 0.25) is 0 Å². The number of thiazole rings is 1. The van der Waals surface area contributed by atoms with Gasteiger partial charge in [0.2, 0.25) is 0 Å². The highest BCUT2D eigenvalue weighted by Gasteiger charge is 2.40. The standard InChI is InChI=1S/C22H24N6O2S2/c29-20(16-11-31-13-25-16)15-10-23-8-5-14(15)17-3-4-18(32-17)21(30)27-22(6-9-24-12-22)19-2-1-7-26-28-19/h1-4,7,11,13-15,23-24H,5-6,8-10,12H2,(H,27,30)/t14?,15?,22-/m0/s1. The third kappa shape index (κ3) is 4.11. The Balaban J connectivity index is 1.35. The van der Waals surface area contributed by atoms with Gasteiger partial charge in [-0.2, -0.15) is 10.2 Å². The van der Waals surface area contributed by atoms with Crippen LogP contribution in [0.4, 0.5) is 0 Å². The first-order chi connectivity index (χ1) is 15.7. The van der Waals surface area contributed by atoms with Gasteiger partial charge in [0.1, 0.15) is 5.69 Å². The summed E-state index contributed by atoms with van der Waals surface area (Å²) in [4.78, 5) is 32.2. The van der Waals surface area contributed by atoms with E-state index in [1.54, 1.807) is 11.7 Å². The molecule has 3 N–H and O–H groups in total. The number of aromatic nitrogens is 3. The van der Waals surface area contributed by atoms with E-state index in [1.165, 1.54) is 22.7 Å². The van der Waals surface area contributed by atoms with Crippen molar-refractivity contribution in [2.75, 3.05) is 26.2 Å². The molecule has 3 aromatic heterocycles. The Labute approximate surface area is 193 Å². The fourth-order valence-corrected chi connectivity index (χ4v) is 6.23. The molecule has 0 spiro atoms. The Kier molecular flexibility index (Phi) is 6.09. The maximum absolute atomic E-state index is 13.2. The average Bonchev–Trinajstić information content (AvgIpc) is 3.61. The Morgan fingerprint density at radius 2 is 2.12 bits per heavy atom.